The molecule has 0 radical (unpaired) electrons. The van der Waals surface area contributed by atoms with Crippen molar-refractivity contribution in [3.05, 3.63) is 58.5 Å². The van der Waals surface area contributed by atoms with Gasteiger partial charge in [-0.1, -0.05) is 34.4 Å². The summed E-state index contributed by atoms with van der Waals surface area (Å²) < 4.78 is 10.9. The Morgan fingerprint density at radius 3 is 2.77 bits per heavy atom. The van der Waals surface area contributed by atoms with E-state index in [9.17, 15) is 0 Å². The lowest BCUT2D eigenvalue weighted by atomic mass is 10.3. The summed E-state index contributed by atoms with van der Waals surface area (Å²) in [5.41, 5.74) is 0.634. The van der Waals surface area contributed by atoms with Crippen LogP contribution >= 0.6 is 23.2 Å². The number of rotatable bonds is 4. The van der Waals surface area contributed by atoms with Gasteiger partial charge in [0, 0.05) is 11.2 Å². The van der Waals surface area contributed by atoms with Gasteiger partial charge in [0.1, 0.15) is 11.4 Å². The third-order valence-corrected chi connectivity index (χ3v) is 3.41. The zero-order valence-electron chi connectivity index (χ0n) is 11.5. The summed E-state index contributed by atoms with van der Waals surface area (Å²) in [6.45, 7) is 1.79. The highest BCUT2D eigenvalue weighted by atomic mass is 35.5. The average Bonchev–Trinajstić information content (AvgIpc) is 3.01. The first kappa shape index (κ1) is 14.8. The van der Waals surface area contributed by atoms with E-state index in [0.29, 0.717) is 33.2 Å². The Balaban J connectivity index is 1.78. The van der Waals surface area contributed by atoms with Crippen LogP contribution in [0.3, 0.4) is 0 Å². The molecule has 0 aliphatic heterocycles. The normalized spacial score (nSPS) is 12.1. The first-order chi connectivity index (χ1) is 10.6. The number of pyridine rings is 1. The van der Waals surface area contributed by atoms with Crippen molar-refractivity contribution in [1.29, 1.82) is 0 Å². The minimum atomic E-state index is -0.455. The summed E-state index contributed by atoms with van der Waals surface area (Å²) in [5.74, 6) is 1.25. The molecule has 1 atom stereocenters. The second kappa shape index (κ2) is 6.34. The number of ether oxygens (including phenoxy) is 1. The highest BCUT2D eigenvalue weighted by molar-refractivity contribution is 6.35. The van der Waals surface area contributed by atoms with Crippen LogP contribution in [0.15, 0.2) is 47.1 Å². The van der Waals surface area contributed by atoms with E-state index in [1.807, 2.05) is 12.1 Å². The molecule has 3 rings (SSSR count). The number of hydrogen-bond donors (Lipinski definition) is 0. The van der Waals surface area contributed by atoms with E-state index in [0.717, 1.165) is 0 Å². The molecular formula is C15H11Cl2N3O2. The van der Waals surface area contributed by atoms with Crippen LogP contribution in [-0.2, 0) is 0 Å². The van der Waals surface area contributed by atoms with E-state index in [4.69, 9.17) is 32.5 Å². The molecule has 0 N–H and O–H groups in total. The van der Waals surface area contributed by atoms with Crippen molar-refractivity contribution in [2.75, 3.05) is 0 Å². The van der Waals surface area contributed by atoms with E-state index in [1.54, 1.807) is 37.4 Å². The monoisotopic (exact) mass is 335 g/mol. The molecule has 2 heterocycles. The Labute approximate surface area is 136 Å². The highest BCUT2D eigenvalue weighted by Crippen LogP contribution is 2.31. The lowest BCUT2D eigenvalue weighted by Crippen LogP contribution is -2.04. The molecule has 112 valence electrons. The predicted molar refractivity (Wildman–Crippen MR) is 83.0 cm³/mol. The van der Waals surface area contributed by atoms with Gasteiger partial charge in [0.05, 0.1) is 5.02 Å². The summed E-state index contributed by atoms with van der Waals surface area (Å²) >= 11 is 11.9. The highest BCUT2D eigenvalue weighted by Gasteiger charge is 2.18. The molecule has 0 amide bonds. The van der Waals surface area contributed by atoms with Crippen LogP contribution < -0.4 is 4.74 Å². The van der Waals surface area contributed by atoms with Crippen LogP contribution in [0.1, 0.15) is 18.9 Å². The van der Waals surface area contributed by atoms with Crippen molar-refractivity contribution in [2.45, 2.75) is 13.0 Å². The Kier molecular flexibility index (Phi) is 4.27. The molecule has 0 aliphatic carbocycles. The molecule has 0 saturated heterocycles. The second-order valence-electron chi connectivity index (χ2n) is 4.51. The number of hydrogen-bond acceptors (Lipinski definition) is 5. The SMILES string of the molecule is C[C@H](Oc1ccc(Cl)cc1Cl)c1nc(-c2ccccn2)no1. The number of benzene rings is 1. The summed E-state index contributed by atoms with van der Waals surface area (Å²) in [4.78, 5) is 8.46. The second-order valence-corrected chi connectivity index (χ2v) is 5.35. The van der Waals surface area contributed by atoms with E-state index in [2.05, 4.69) is 15.1 Å². The molecule has 0 fully saturated rings. The van der Waals surface area contributed by atoms with E-state index in [1.165, 1.54) is 0 Å². The first-order valence-electron chi connectivity index (χ1n) is 6.50. The van der Waals surface area contributed by atoms with Gasteiger partial charge in [-0.05, 0) is 37.3 Å². The Hall–Kier alpha value is -2.11. The standard InChI is InChI=1S/C15H11Cl2N3O2/c1-9(21-13-6-5-10(16)8-11(13)17)15-19-14(20-22-15)12-4-2-3-7-18-12/h2-9H,1H3/t9-/m0/s1. The van der Waals surface area contributed by atoms with E-state index >= 15 is 0 Å². The fraction of sp³-hybridized carbons (Fsp3) is 0.133. The number of halogens is 2. The lowest BCUT2D eigenvalue weighted by molar-refractivity contribution is 0.176. The molecule has 0 aliphatic rings. The Morgan fingerprint density at radius 1 is 1.18 bits per heavy atom. The molecule has 0 unspecified atom stereocenters. The third-order valence-electron chi connectivity index (χ3n) is 2.88. The molecule has 2 aromatic heterocycles. The Bertz CT molecular complexity index is 777. The van der Waals surface area contributed by atoms with Crippen LogP contribution in [0.5, 0.6) is 5.75 Å². The third kappa shape index (κ3) is 3.21. The number of aromatic nitrogens is 3. The van der Waals surface area contributed by atoms with Gasteiger partial charge in [0.15, 0.2) is 6.10 Å². The minimum Gasteiger partial charge on any atom is -0.479 e. The summed E-state index contributed by atoms with van der Waals surface area (Å²) in [5, 5.41) is 4.87. The summed E-state index contributed by atoms with van der Waals surface area (Å²) in [7, 11) is 0. The van der Waals surface area contributed by atoms with Crippen molar-refractivity contribution >= 4 is 23.2 Å². The van der Waals surface area contributed by atoms with Crippen LogP contribution in [0, 0.1) is 0 Å². The van der Waals surface area contributed by atoms with Gasteiger partial charge in [-0.25, -0.2) is 0 Å². The zero-order chi connectivity index (χ0) is 15.5. The number of nitrogens with zero attached hydrogens (tertiary/aromatic N) is 3. The summed E-state index contributed by atoms with van der Waals surface area (Å²) in [6.07, 6.45) is 1.21. The van der Waals surface area contributed by atoms with Crippen molar-refractivity contribution in [2.24, 2.45) is 0 Å². The van der Waals surface area contributed by atoms with Gasteiger partial charge in [-0.3, -0.25) is 4.98 Å². The van der Waals surface area contributed by atoms with Crippen molar-refractivity contribution in [3.63, 3.8) is 0 Å². The Morgan fingerprint density at radius 2 is 2.05 bits per heavy atom. The van der Waals surface area contributed by atoms with Gasteiger partial charge in [0.2, 0.25) is 5.82 Å². The minimum absolute atomic E-state index is 0.340. The molecule has 1 aromatic carbocycles. The largest absolute Gasteiger partial charge is 0.479 e. The molecular weight excluding hydrogens is 325 g/mol. The van der Waals surface area contributed by atoms with Crippen LogP contribution in [0.2, 0.25) is 10.0 Å². The smallest absolute Gasteiger partial charge is 0.267 e. The zero-order valence-corrected chi connectivity index (χ0v) is 13.0. The van der Waals surface area contributed by atoms with Crippen LogP contribution in [0.4, 0.5) is 0 Å². The maximum atomic E-state index is 6.08. The lowest BCUT2D eigenvalue weighted by Gasteiger charge is -2.12. The molecule has 7 heteroatoms. The average molecular weight is 336 g/mol. The van der Waals surface area contributed by atoms with Gasteiger partial charge >= 0.3 is 0 Å². The van der Waals surface area contributed by atoms with Gasteiger partial charge in [-0.2, -0.15) is 4.98 Å². The molecule has 0 bridgehead atoms. The molecule has 0 spiro atoms. The maximum absolute atomic E-state index is 6.08. The first-order valence-corrected chi connectivity index (χ1v) is 7.26. The van der Waals surface area contributed by atoms with Gasteiger partial charge < -0.3 is 9.26 Å². The van der Waals surface area contributed by atoms with Crippen molar-refractivity contribution < 1.29 is 9.26 Å². The van der Waals surface area contributed by atoms with E-state index < -0.39 is 6.10 Å². The van der Waals surface area contributed by atoms with Crippen molar-refractivity contribution in [1.82, 2.24) is 15.1 Å². The van der Waals surface area contributed by atoms with E-state index in [-0.39, 0.29) is 0 Å². The predicted octanol–water partition coefficient (Wildman–Crippen LogP) is 4.58. The molecule has 22 heavy (non-hydrogen) atoms. The van der Waals surface area contributed by atoms with Crippen LogP contribution in [0.25, 0.3) is 11.5 Å². The topological polar surface area (TPSA) is 61.0 Å². The quantitative estimate of drug-likeness (QED) is 0.698. The molecule has 0 saturated carbocycles. The maximum Gasteiger partial charge on any atom is 0.267 e. The van der Waals surface area contributed by atoms with Gasteiger partial charge in [0.25, 0.3) is 5.89 Å². The molecule has 5 nitrogen and oxygen atoms in total. The fourth-order valence-corrected chi connectivity index (χ4v) is 2.26. The van der Waals surface area contributed by atoms with Crippen molar-refractivity contribution in [3.8, 4) is 17.3 Å². The van der Waals surface area contributed by atoms with Crippen LogP contribution in [-0.4, -0.2) is 15.1 Å². The molecule has 3 aromatic rings. The fourth-order valence-electron chi connectivity index (χ4n) is 1.81. The summed E-state index contributed by atoms with van der Waals surface area (Å²) in [6, 6.07) is 10.5. The van der Waals surface area contributed by atoms with Gasteiger partial charge in [-0.15, -0.1) is 0 Å².